The molecular weight excluding hydrogens is 284 g/mol. The molecule has 110 valence electrons. The maximum atomic E-state index is 6.03. The predicted molar refractivity (Wildman–Crippen MR) is 92.6 cm³/mol. The van der Waals surface area contributed by atoms with Crippen LogP contribution in [-0.2, 0) is 0 Å². The highest BCUT2D eigenvalue weighted by Crippen LogP contribution is 2.31. The molecule has 0 aliphatic heterocycles. The Morgan fingerprint density at radius 2 is 1.22 bits per heavy atom. The zero-order chi connectivity index (χ0) is 15.6. The number of benzene rings is 2. The van der Waals surface area contributed by atoms with Gasteiger partial charge in [-0.3, -0.25) is 4.98 Å². The molecule has 2 heterocycles. The molecule has 0 aliphatic rings. The van der Waals surface area contributed by atoms with Gasteiger partial charge >= 0.3 is 0 Å². The Bertz CT molecular complexity index is 966. The molecule has 0 unspecified atom stereocenters. The van der Waals surface area contributed by atoms with Crippen LogP contribution in [0.2, 0.25) is 0 Å². The van der Waals surface area contributed by atoms with E-state index < -0.39 is 0 Å². The number of nitrogen functional groups attached to an aromatic ring is 1. The van der Waals surface area contributed by atoms with Crippen molar-refractivity contribution in [3.8, 4) is 22.5 Å². The molecular formula is C19H14N4. The summed E-state index contributed by atoms with van der Waals surface area (Å²) in [6.07, 6.45) is 3.30. The van der Waals surface area contributed by atoms with Crippen molar-refractivity contribution < 1.29 is 0 Å². The molecule has 4 heteroatoms. The molecule has 4 rings (SSSR count). The van der Waals surface area contributed by atoms with Crippen LogP contribution < -0.4 is 5.73 Å². The Morgan fingerprint density at radius 3 is 1.83 bits per heavy atom. The molecule has 4 nitrogen and oxygen atoms in total. The van der Waals surface area contributed by atoms with Crippen LogP contribution in [-0.4, -0.2) is 15.0 Å². The van der Waals surface area contributed by atoms with Gasteiger partial charge < -0.3 is 5.73 Å². The van der Waals surface area contributed by atoms with Gasteiger partial charge in [0.1, 0.15) is 11.0 Å². The number of fused-ring (bicyclic) bond motifs is 1. The lowest BCUT2D eigenvalue weighted by atomic mass is 10.0. The molecule has 2 N–H and O–H groups in total. The Balaban J connectivity index is 2.07. The lowest BCUT2D eigenvalue weighted by molar-refractivity contribution is 1.25. The normalized spacial score (nSPS) is 10.8. The van der Waals surface area contributed by atoms with E-state index in [2.05, 4.69) is 4.98 Å². The van der Waals surface area contributed by atoms with E-state index in [0.29, 0.717) is 16.7 Å². The molecule has 0 aliphatic carbocycles. The number of pyridine rings is 1. The van der Waals surface area contributed by atoms with E-state index in [0.717, 1.165) is 22.5 Å². The third kappa shape index (κ3) is 2.40. The second-order valence-corrected chi connectivity index (χ2v) is 5.25. The van der Waals surface area contributed by atoms with Crippen LogP contribution in [0.4, 0.5) is 5.69 Å². The summed E-state index contributed by atoms with van der Waals surface area (Å²) in [5.41, 5.74) is 11.6. The van der Waals surface area contributed by atoms with Gasteiger partial charge in [-0.05, 0) is 0 Å². The first-order valence-electron chi connectivity index (χ1n) is 7.35. The molecule has 4 aromatic rings. The minimum atomic E-state index is 0.534. The number of anilines is 1. The fourth-order valence-corrected chi connectivity index (χ4v) is 2.59. The average Bonchev–Trinajstić information content (AvgIpc) is 2.63. The monoisotopic (exact) mass is 298 g/mol. The first kappa shape index (κ1) is 13.4. The van der Waals surface area contributed by atoms with E-state index in [1.165, 1.54) is 0 Å². The summed E-state index contributed by atoms with van der Waals surface area (Å²) < 4.78 is 0. The second kappa shape index (κ2) is 5.50. The molecule has 2 aromatic carbocycles. The van der Waals surface area contributed by atoms with Gasteiger partial charge in [-0.15, -0.1) is 0 Å². The molecule has 0 atom stereocenters. The maximum absolute atomic E-state index is 6.03. The Morgan fingerprint density at radius 1 is 0.652 bits per heavy atom. The molecule has 0 saturated heterocycles. The highest BCUT2D eigenvalue weighted by molar-refractivity contribution is 5.91. The molecule has 0 fully saturated rings. The van der Waals surface area contributed by atoms with Crippen molar-refractivity contribution in [1.82, 2.24) is 15.0 Å². The zero-order valence-corrected chi connectivity index (χ0v) is 12.3. The number of rotatable bonds is 2. The molecule has 0 spiro atoms. The Hall–Kier alpha value is -3.27. The Labute approximate surface area is 133 Å². The third-order valence-corrected chi connectivity index (χ3v) is 3.70. The SMILES string of the molecule is Nc1cncc2nc(-c3ccccc3)c(-c3ccccc3)nc12. The number of aromatic nitrogens is 3. The topological polar surface area (TPSA) is 64.7 Å². The molecule has 0 amide bonds. The van der Waals surface area contributed by atoms with Gasteiger partial charge in [-0.2, -0.15) is 0 Å². The van der Waals surface area contributed by atoms with Gasteiger partial charge in [0.05, 0.1) is 29.5 Å². The standard InChI is InChI=1S/C19H14N4/c20-15-11-21-12-16-19(15)23-18(14-9-5-2-6-10-14)17(22-16)13-7-3-1-4-8-13/h1-12H,20H2. The van der Waals surface area contributed by atoms with Crippen molar-refractivity contribution in [2.24, 2.45) is 0 Å². The summed E-state index contributed by atoms with van der Waals surface area (Å²) in [4.78, 5) is 13.7. The number of nitrogens with zero attached hydrogens (tertiary/aromatic N) is 3. The van der Waals surface area contributed by atoms with Crippen LogP contribution in [0.5, 0.6) is 0 Å². The van der Waals surface area contributed by atoms with Gasteiger partial charge in [0.15, 0.2) is 0 Å². The molecule has 0 bridgehead atoms. The van der Waals surface area contributed by atoms with Crippen LogP contribution in [0.1, 0.15) is 0 Å². The molecule has 23 heavy (non-hydrogen) atoms. The highest BCUT2D eigenvalue weighted by atomic mass is 14.9. The fourth-order valence-electron chi connectivity index (χ4n) is 2.59. The number of hydrogen-bond donors (Lipinski definition) is 1. The number of hydrogen-bond acceptors (Lipinski definition) is 4. The predicted octanol–water partition coefficient (Wildman–Crippen LogP) is 3.94. The summed E-state index contributed by atoms with van der Waals surface area (Å²) in [6.45, 7) is 0. The second-order valence-electron chi connectivity index (χ2n) is 5.25. The summed E-state index contributed by atoms with van der Waals surface area (Å²) in [5, 5.41) is 0. The first-order valence-corrected chi connectivity index (χ1v) is 7.35. The van der Waals surface area contributed by atoms with Crippen LogP contribution >= 0.6 is 0 Å². The summed E-state index contributed by atoms with van der Waals surface area (Å²) >= 11 is 0. The van der Waals surface area contributed by atoms with Crippen molar-refractivity contribution >= 4 is 16.7 Å². The van der Waals surface area contributed by atoms with Crippen molar-refractivity contribution in [1.29, 1.82) is 0 Å². The summed E-state index contributed by atoms with van der Waals surface area (Å²) in [5.74, 6) is 0. The van der Waals surface area contributed by atoms with Crippen LogP contribution in [0.25, 0.3) is 33.5 Å². The first-order chi connectivity index (χ1) is 11.3. The van der Waals surface area contributed by atoms with Gasteiger partial charge in [-0.25, -0.2) is 9.97 Å². The zero-order valence-electron chi connectivity index (χ0n) is 12.3. The van der Waals surface area contributed by atoms with Crippen molar-refractivity contribution in [2.45, 2.75) is 0 Å². The summed E-state index contributed by atoms with van der Waals surface area (Å²) in [6, 6.07) is 20.1. The van der Waals surface area contributed by atoms with E-state index in [1.807, 2.05) is 60.7 Å². The fraction of sp³-hybridized carbons (Fsp3) is 0. The van der Waals surface area contributed by atoms with E-state index in [4.69, 9.17) is 15.7 Å². The highest BCUT2D eigenvalue weighted by Gasteiger charge is 2.14. The maximum Gasteiger partial charge on any atom is 0.116 e. The number of nitrogens with two attached hydrogens (primary N) is 1. The minimum Gasteiger partial charge on any atom is -0.396 e. The van der Waals surface area contributed by atoms with E-state index in [9.17, 15) is 0 Å². The quantitative estimate of drug-likeness (QED) is 0.608. The van der Waals surface area contributed by atoms with Crippen molar-refractivity contribution in [3.63, 3.8) is 0 Å². The molecule has 0 saturated carbocycles. The van der Waals surface area contributed by atoms with E-state index >= 15 is 0 Å². The third-order valence-electron chi connectivity index (χ3n) is 3.70. The smallest absolute Gasteiger partial charge is 0.116 e. The van der Waals surface area contributed by atoms with Gasteiger partial charge in [0.25, 0.3) is 0 Å². The van der Waals surface area contributed by atoms with Crippen LogP contribution in [0.3, 0.4) is 0 Å². The lowest BCUT2D eigenvalue weighted by Gasteiger charge is -2.11. The van der Waals surface area contributed by atoms with E-state index in [1.54, 1.807) is 12.4 Å². The largest absolute Gasteiger partial charge is 0.396 e. The summed E-state index contributed by atoms with van der Waals surface area (Å²) in [7, 11) is 0. The van der Waals surface area contributed by atoms with Crippen LogP contribution in [0, 0.1) is 0 Å². The van der Waals surface area contributed by atoms with Gasteiger partial charge in [0, 0.05) is 11.1 Å². The average molecular weight is 298 g/mol. The minimum absolute atomic E-state index is 0.534. The van der Waals surface area contributed by atoms with Gasteiger partial charge in [-0.1, -0.05) is 60.7 Å². The Kier molecular flexibility index (Phi) is 3.20. The lowest BCUT2D eigenvalue weighted by Crippen LogP contribution is -1.99. The van der Waals surface area contributed by atoms with Crippen LogP contribution in [0.15, 0.2) is 73.1 Å². The molecule has 2 aromatic heterocycles. The van der Waals surface area contributed by atoms with E-state index in [-0.39, 0.29) is 0 Å². The molecule has 0 radical (unpaired) electrons. The van der Waals surface area contributed by atoms with Gasteiger partial charge in [0.2, 0.25) is 0 Å². The van der Waals surface area contributed by atoms with Crippen molar-refractivity contribution in [2.75, 3.05) is 5.73 Å². The van der Waals surface area contributed by atoms with Crippen molar-refractivity contribution in [3.05, 3.63) is 73.1 Å².